The minimum atomic E-state index is -0.701. The number of rotatable bonds is 7. The maximum Gasteiger partial charge on any atom is 0.322 e. The Morgan fingerprint density at radius 1 is 1.16 bits per heavy atom. The van der Waals surface area contributed by atoms with Crippen LogP contribution < -0.4 is 10.9 Å². The summed E-state index contributed by atoms with van der Waals surface area (Å²) in [6, 6.07) is 6.10. The predicted molar refractivity (Wildman–Crippen MR) is 118 cm³/mol. The highest BCUT2D eigenvalue weighted by molar-refractivity contribution is 6.31. The number of aliphatic hydroxyl groups is 2. The van der Waals surface area contributed by atoms with E-state index in [1.807, 2.05) is 0 Å². The highest BCUT2D eigenvalue weighted by Crippen LogP contribution is 2.28. The molecule has 4 N–H and O–H groups in total. The van der Waals surface area contributed by atoms with Gasteiger partial charge >= 0.3 is 6.03 Å². The number of carbonyl (C=O) groups is 1. The first-order valence-electron chi connectivity index (χ1n) is 9.80. The summed E-state index contributed by atoms with van der Waals surface area (Å²) in [4.78, 5) is 29.2. The summed E-state index contributed by atoms with van der Waals surface area (Å²) in [6.45, 7) is 0.860. The SMILES string of the molecule is C[C@@H](c1c[nH]c(=O)c2ccc(F)cc12)N(CC(CO)CO)C(=O)Nc1ccc(F)c(Cl)c1. The number of halogens is 3. The molecule has 3 rings (SSSR count). The van der Waals surface area contributed by atoms with E-state index in [0.29, 0.717) is 10.9 Å². The fourth-order valence-corrected chi connectivity index (χ4v) is 3.58. The first-order chi connectivity index (χ1) is 15.2. The number of nitrogens with one attached hydrogen (secondary N) is 2. The summed E-state index contributed by atoms with van der Waals surface area (Å²) < 4.78 is 27.4. The van der Waals surface area contributed by atoms with Crippen molar-refractivity contribution < 1.29 is 23.8 Å². The van der Waals surface area contributed by atoms with E-state index in [4.69, 9.17) is 11.6 Å². The zero-order valence-corrected chi connectivity index (χ0v) is 17.9. The smallest absolute Gasteiger partial charge is 0.322 e. The van der Waals surface area contributed by atoms with Crippen molar-refractivity contribution in [2.45, 2.75) is 13.0 Å². The molecule has 0 aliphatic carbocycles. The first kappa shape index (κ1) is 23.6. The molecule has 1 atom stereocenters. The molecular formula is C22H22ClF2N3O4. The third-order valence-electron chi connectivity index (χ3n) is 5.22. The van der Waals surface area contributed by atoms with E-state index < -0.39 is 35.2 Å². The summed E-state index contributed by atoms with van der Waals surface area (Å²) in [5, 5.41) is 22.1. The molecule has 1 aromatic heterocycles. The average molecular weight is 466 g/mol. The molecule has 0 aliphatic heterocycles. The van der Waals surface area contributed by atoms with Crippen molar-refractivity contribution in [3.63, 3.8) is 0 Å². The van der Waals surface area contributed by atoms with Gasteiger partial charge < -0.3 is 25.4 Å². The van der Waals surface area contributed by atoms with Crippen molar-refractivity contribution in [3.05, 3.63) is 75.2 Å². The van der Waals surface area contributed by atoms with Crippen LogP contribution in [-0.4, -0.2) is 45.9 Å². The number of amides is 2. The lowest BCUT2D eigenvalue weighted by molar-refractivity contribution is 0.108. The Kier molecular flexibility index (Phi) is 7.44. The number of hydrogen-bond donors (Lipinski definition) is 4. The van der Waals surface area contributed by atoms with Crippen molar-refractivity contribution in [2.24, 2.45) is 5.92 Å². The van der Waals surface area contributed by atoms with Gasteiger partial charge in [0.15, 0.2) is 0 Å². The van der Waals surface area contributed by atoms with Gasteiger partial charge in [-0.2, -0.15) is 0 Å². The summed E-state index contributed by atoms with van der Waals surface area (Å²) >= 11 is 5.78. The van der Waals surface area contributed by atoms with Gasteiger partial charge in [-0.15, -0.1) is 0 Å². The van der Waals surface area contributed by atoms with Gasteiger partial charge in [-0.1, -0.05) is 11.6 Å². The number of urea groups is 1. The summed E-state index contributed by atoms with van der Waals surface area (Å²) in [5.74, 6) is -1.83. The number of anilines is 1. The second-order valence-electron chi connectivity index (χ2n) is 7.38. The van der Waals surface area contributed by atoms with E-state index in [2.05, 4.69) is 10.3 Å². The number of benzene rings is 2. The van der Waals surface area contributed by atoms with Crippen LogP contribution in [0.2, 0.25) is 5.02 Å². The number of aliphatic hydroxyl groups excluding tert-OH is 2. The van der Waals surface area contributed by atoms with Crippen LogP contribution in [0.1, 0.15) is 18.5 Å². The van der Waals surface area contributed by atoms with Crippen LogP contribution in [0.15, 0.2) is 47.4 Å². The molecule has 0 aliphatic rings. The Balaban J connectivity index is 2.01. The lowest BCUT2D eigenvalue weighted by atomic mass is 10.00. The maximum atomic E-state index is 13.9. The van der Waals surface area contributed by atoms with Gasteiger partial charge in [0, 0.05) is 42.9 Å². The molecule has 7 nitrogen and oxygen atoms in total. The van der Waals surface area contributed by atoms with Crippen LogP contribution >= 0.6 is 11.6 Å². The second-order valence-corrected chi connectivity index (χ2v) is 7.79. The van der Waals surface area contributed by atoms with E-state index in [-0.39, 0.29) is 35.9 Å². The van der Waals surface area contributed by atoms with Gasteiger partial charge in [0.1, 0.15) is 11.6 Å². The number of pyridine rings is 1. The number of H-pyrrole nitrogens is 1. The lowest BCUT2D eigenvalue weighted by Crippen LogP contribution is -2.42. The zero-order chi connectivity index (χ0) is 23.4. The molecule has 0 fully saturated rings. The van der Waals surface area contributed by atoms with Crippen molar-refractivity contribution in [3.8, 4) is 0 Å². The standard InChI is InChI=1S/C22H22ClF2N3O4/c1-12(18-8-26-21(31)16-4-2-14(24)6-17(16)18)28(9-13(10-29)11-30)22(32)27-15-3-5-20(25)19(23)7-15/h2-8,12-13,29-30H,9-11H2,1H3,(H,26,31)(H,27,32)/t12-/m0/s1. The molecular weight excluding hydrogens is 444 g/mol. The van der Waals surface area contributed by atoms with E-state index in [1.165, 1.54) is 41.4 Å². The monoisotopic (exact) mass is 465 g/mol. The Bertz CT molecular complexity index is 1180. The number of hydrogen-bond acceptors (Lipinski definition) is 4. The highest BCUT2D eigenvalue weighted by atomic mass is 35.5. The molecule has 32 heavy (non-hydrogen) atoms. The molecule has 0 saturated heterocycles. The largest absolute Gasteiger partial charge is 0.396 e. The third-order valence-corrected chi connectivity index (χ3v) is 5.51. The predicted octanol–water partition coefficient (Wildman–Crippen LogP) is 3.66. The third kappa shape index (κ3) is 5.07. The summed E-state index contributed by atoms with van der Waals surface area (Å²) in [7, 11) is 0. The average Bonchev–Trinajstić information content (AvgIpc) is 2.77. The summed E-state index contributed by atoms with van der Waals surface area (Å²) in [6.07, 6.45) is 1.40. The summed E-state index contributed by atoms with van der Waals surface area (Å²) in [5.41, 5.74) is 0.290. The molecule has 170 valence electrons. The van der Waals surface area contributed by atoms with Crippen LogP contribution in [0.25, 0.3) is 10.8 Å². The van der Waals surface area contributed by atoms with Gasteiger partial charge in [0.2, 0.25) is 0 Å². The van der Waals surface area contributed by atoms with Crippen LogP contribution in [-0.2, 0) is 0 Å². The molecule has 0 spiro atoms. The molecule has 2 amide bonds. The Labute approximate surface area is 187 Å². The molecule has 0 unspecified atom stereocenters. The van der Waals surface area contributed by atoms with Crippen molar-refractivity contribution >= 4 is 34.1 Å². The van der Waals surface area contributed by atoms with Crippen molar-refractivity contribution in [1.82, 2.24) is 9.88 Å². The minimum absolute atomic E-state index is 0.0507. The first-order valence-corrected chi connectivity index (χ1v) is 10.2. The molecule has 2 aromatic carbocycles. The number of fused-ring (bicyclic) bond motifs is 1. The van der Waals surface area contributed by atoms with Crippen LogP contribution in [0, 0.1) is 17.6 Å². The van der Waals surface area contributed by atoms with Gasteiger partial charge in [0.25, 0.3) is 5.56 Å². The molecule has 0 saturated carbocycles. The van der Waals surface area contributed by atoms with Gasteiger partial charge in [-0.25, -0.2) is 13.6 Å². The van der Waals surface area contributed by atoms with E-state index in [1.54, 1.807) is 6.92 Å². The fraction of sp³-hybridized carbons (Fsp3) is 0.273. The fourth-order valence-electron chi connectivity index (χ4n) is 3.40. The molecule has 1 heterocycles. The molecule has 10 heteroatoms. The van der Waals surface area contributed by atoms with Gasteiger partial charge in [-0.05, 0) is 54.3 Å². The second kappa shape index (κ2) is 10.1. The van der Waals surface area contributed by atoms with Gasteiger partial charge in [0.05, 0.1) is 11.1 Å². The number of nitrogens with zero attached hydrogens (tertiary/aromatic N) is 1. The lowest BCUT2D eigenvalue weighted by Gasteiger charge is -2.32. The maximum absolute atomic E-state index is 13.9. The van der Waals surface area contributed by atoms with Crippen LogP contribution in [0.3, 0.4) is 0 Å². The minimum Gasteiger partial charge on any atom is -0.396 e. The van der Waals surface area contributed by atoms with Crippen LogP contribution in [0.4, 0.5) is 19.3 Å². The van der Waals surface area contributed by atoms with Crippen molar-refractivity contribution in [2.75, 3.05) is 25.1 Å². The number of aromatic amines is 1. The highest BCUT2D eigenvalue weighted by Gasteiger charge is 2.26. The van der Waals surface area contributed by atoms with E-state index >= 15 is 0 Å². The quantitative estimate of drug-likeness (QED) is 0.427. The van der Waals surface area contributed by atoms with Crippen LogP contribution in [0.5, 0.6) is 0 Å². The number of aromatic nitrogens is 1. The van der Waals surface area contributed by atoms with Gasteiger partial charge in [-0.3, -0.25) is 4.79 Å². The van der Waals surface area contributed by atoms with E-state index in [9.17, 15) is 28.6 Å². The number of carbonyl (C=O) groups excluding carboxylic acids is 1. The normalized spacial score (nSPS) is 12.2. The van der Waals surface area contributed by atoms with Crippen molar-refractivity contribution in [1.29, 1.82) is 0 Å². The molecule has 3 aromatic rings. The zero-order valence-electron chi connectivity index (χ0n) is 17.1. The molecule has 0 radical (unpaired) electrons. The van der Waals surface area contributed by atoms with E-state index in [0.717, 1.165) is 6.07 Å². The molecule has 0 bridgehead atoms. The Morgan fingerprint density at radius 2 is 1.88 bits per heavy atom. The Hall–Kier alpha value is -3.01. The Morgan fingerprint density at radius 3 is 2.53 bits per heavy atom. The topological polar surface area (TPSA) is 106 Å².